The van der Waals surface area contributed by atoms with Crippen molar-refractivity contribution in [1.82, 2.24) is 29.9 Å². The van der Waals surface area contributed by atoms with Crippen molar-refractivity contribution in [3.8, 4) is 0 Å². The molecule has 4 atom stereocenters. The molecule has 2 aliphatic carbocycles. The van der Waals surface area contributed by atoms with Gasteiger partial charge in [-0.2, -0.15) is 15.3 Å². The fourth-order valence-electron chi connectivity index (χ4n) is 5.82. The Morgan fingerprint density at radius 3 is 3.03 bits per heavy atom. The van der Waals surface area contributed by atoms with Crippen LogP contribution in [-0.4, -0.2) is 61.0 Å². The van der Waals surface area contributed by atoms with Crippen LogP contribution in [0.3, 0.4) is 0 Å². The van der Waals surface area contributed by atoms with Crippen LogP contribution in [0.5, 0.6) is 0 Å². The van der Waals surface area contributed by atoms with Crippen molar-refractivity contribution < 1.29 is 4.39 Å². The predicted octanol–water partition coefficient (Wildman–Crippen LogP) is 2.31. The Balaban J connectivity index is 1.12. The van der Waals surface area contributed by atoms with Gasteiger partial charge in [0.2, 0.25) is 0 Å². The number of hydrogen-bond acceptors (Lipinski definition) is 7. The highest BCUT2D eigenvalue weighted by molar-refractivity contribution is 6.12. The van der Waals surface area contributed by atoms with E-state index in [0.29, 0.717) is 18.0 Å². The molecular formula is C23H24FN9. The van der Waals surface area contributed by atoms with Gasteiger partial charge < -0.3 is 4.90 Å². The number of aryl methyl sites for hydroxylation is 1. The molecule has 168 valence electrons. The number of allylic oxidation sites excluding steroid dienone is 4. The number of nitrogens with zero attached hydrogens (tertiary/aromatic N) is 8. The number of fused-ring (bicyclic) bond motifs is 2. The lowest BCUT2D eigenvalue weighted by Gasteiger charge is -2.27. The Bertz CT molecular complexity index is 1280. The standard InChI is InChI=1S/C23H24FN9/c1-31-11-14(10-28-31)16-7-17-20(8-19(16)24)29-30-21(17)23-9-18(23)22(25-13-26-23)32-6-3-15(12-32)33-5-2-4-27-33/h2,4-5,8,10-11,13,15,17-18,29H,3,6-7,9,12H2,1H3. The van der Waals surface area contributed by atoms with Crippen LogP contribution in [0.4, 0.5) is 4.39 Å². The van der Waals surface area contributed by atoms with E-state index >= 15 is 0 Å². The number of nitrogens with one attached hydrogen (secondary N) is 1. The first-order valence-corrected chi connectivity index (χ1v) is 11.4. The minimum absolute atomic E-state index is 0.00314. The van der Waals surface area contributed by atoms with Gasteiger partial charge in [-0.25, -0.2) is 9.38 Å². The Hall–Kier alpha value is -3.56. The van der Waals surface area contributed by atoms with Crippen LogP contribution in [0, 0.1) is 11.8 Å². The molecule has 2 aromatic rings. The molecule has 3 aliphatic heterocycles. The highest BCUT2D eigenvalue weighted by Gasteiger charge is 2.65. The van der Waals surface area contributed by atoms with Crippen LogP contribution >= 0.6 is 0 Å². The number of halogens is 1. The second kappa shape index (κ2) is 6.72. The molecule has 7 rings (SSSR count). The maximum absolute atomic E-state index is 14.9. The molecule has 0 spiro atoms. The van der Waals surface area contributed by atoms with E-state index < -0.39 is 0 Å². The van der Waals surface area contributed by atoms with Gasteiger partial charge in [-0.1, -0.05) is 0 Å². The third-order valence-corrected chi connectivity index (χ3v) is 7.59. The average molecular weight is 446 g/mol. The van der Waals surface area contributed by atoms with Crippen LogP contribution in [-0.2, 0) is 7.05 Å². The predicted molar refractivity (Wildman–Crippen MR) is 122 cm³/mol. The molecule has 4 unspecified atom stereocenters. The lowest BCUT2D eigenvalue weighted by atomic mass is 9.82. The zero-order valence-corrected chi connectivity index (χ0v) is 18.3. The molecule has 0 aromatic carbocycles. The van der Waals surface area contributed by atoms with E-state index in [1.54, 1.807) is 23.3 Å². The topological polar surface area (TPSA) is 88.0 Å². The zero-order valence-electron chi connectivity index (χ0n) is 18.3. The number of likely N-dealkylation sites (tertiary alicyclic amines) is 1. The van der Waals surface area contributed by atoms with Gasteiger partial charge in [-0.15, -0.1) is 0 Å². The van der Waals surface area contributed by atoms with Crippen molar-refractivity contribution in [2.45, 2.75) is 30.8 Å². The Labute approximate surface area is 190 Å². The van der Waals surface area contributed by atoms with Crippen LogP contribution in [0.1, 0.15) is 30.9 Å². The summed E-state index contributed by atoms with van der Waals surface area (Å²) in [5.41, 5.74) is 6.03. The second-order valence-electron chi connectivity index (χ2n) is 9.48. The molecule has 33 heavy (non-hydrogen) atoms. The van der Waals surface area contributed by atoms with E-state index in [0.717, 1.165) is 48.7 Å². The molecule has 5 heterocycles. The maximum atomic E-state index is 14.9. The molecule has 10 heteroatoms. The van der Waals surface area contributed by atoms with Gasteiger partial charge in [-0.3, -0.25) is 19.8 Å². The molecule has 0 amide bonds. The maximum Gasteiger partial charge on any atom is 0.128 e. The Morgan fingerprint density at radius 1 is 1.27 bits per heavy atom. The van der Waals surface area contributed by atoms with Crippen molar-refractivity contribution in [2.24, 2.45) is 34.0 Å². The van der Waals surface area contributed by atoms with Crippen LogP contribution in [0.15, 0.2) is 63.5 Å². The minimum atomic E-state index is -0.373. The summed E-state index contributed by atoms with van der Waals surface area (Å²) in [7, 11) is 1.84. The fourth-order valence-corrected chi connectivity index (χ4v) is 5.82. The van der Waals surface area contributed by atoms with E-state index in [4.69, 9.17) is 9.98 Å². The fraction of sp³-hybridized carbons (Fsp3) is 0.435. The summed E-state index contributed by atoms with van der Waals surface area (Å²) >= 11 is 0. The van der Waals surface area contributed by atoms with Crippen molar-refractivity contribution >= 4 is 23.5 Å². The number of aromatic nitrogens is 4. The zero-order chi connectivity index (χ0) is 22.2. The smallest absolute Gasteiger partial charge is 0.128 e. The summed E-state index contributed by atoms with van der Waals surface area (Å²) in [4.78, 5) is 11.9. The third-order valence-electron chi connectivity index (χ3n) is 7.59. The van der Waals surface area contributed by atoms with E-state index in [1.807, 2.05) is 36.4 Å². The monoisotopic (exact) mass is 445 g/mol. The van der Waals surface area contributed by atoms with Gasteiger partial charge in [0.05, 0.1) is 23.9 Å². The number of hydrogen-bond donors (Lipinski definition) is 1. The van der Waals surface area contributed by atoms with Crippen molar-refractivity contribution in [2.75, 3.05) is 13.1 Å². The van der Waals surface area contributed by atoms with Gasteiger partial charge in [0.15, 0.2) is 0 Å². The van der Waals surface area contributed by atoms with Gasteiger partial charge in [0.25, 0.3) is 0 Å². The summed E-state index contributed by atoms with van der Waals surface area (Å²) in [5, 5.41) is 13.3. The first-order chi connectivity index (χ1) is 16.1. The van der Waals surface area contributed by atoms with Gasteiger partial charge >= 0.3 is 0 Å². The highest BCUT2D eigenvalue weighted by atomic mass is 19.1. The van der Waals surface area contributed by atoms with Gasteiger partial charge in [0, 0.05) is 55.9 Å². The second-order valence-corrected chi connectivity index (χ2v) is 9.48. The summed E-state index contributed by atoms with van der Waals surface area (Å²) in [5.74, 6) is 1.09. The number of amidine groups is 1. The van der Waals surface area contributed by atoms with Crippen LogP contribution in [0.25, 0.3) is 5.57 Å². The largest absolute Gasteiger partial charge is 0.357 e. The average Bonchev–Trinajstić information content (AvgIpc) is 3.38. The minimum Gasteiger partial charge on any atom is -0.357 e. The lowest BCUT2D eigenvalue weighted by molar-refractivity contribution is 0.434. The van der Waals surface area contributed by atoms with Gasteiger partial charge in [0.1, 0.15) is 23.5 Å². The molecule has 5 aliphatic rings. The number of hydrazone groups is 1. The SMILES string of the molecule is Cn1cc(C2=C(F)C=C3NN=C(C45CC4C(N4CCC(n6cccn6)C4)=NC=N5)C3C2)cn1. The van der Waals surface area contributed by atoms with E-state index in [-0.39, 0.29) is 23.2 Å². The molecule has 2 aromatic heterocycles. The van der Waals surface area contributed by atoms with E-state index in [1.165, 1.54) is 0 Å². The van der Waals surface area contributed by atoms with E-state index in [9.17, 15) is 4.39 Å². The molecule has 1 saturated carbocycles. The van der Waals surface area contributed by atoms with Crippen molar-refractivity contribution in [3.63, 3.8) is 0 Å². The summed E-state index contributed by atoms with van der Waals surface area (Å²) in [6, 6.07) is 2.33. The highest BCUT2D eigenvalue weighted by Crippen LogP contribution is 2.55. The molecule has 0 radical (unpaired) electrons. The summed E-state index contributed by atoms with van der Waals surface area (Å²) in [6.45, 7) is 1.86. The summed E-state index contributed by atoms with van der Waals surface area (Å²) < 4.78 is 18.6. The quantitative estimate of drug-likeness (QED) is 0.785. The molecular weight excluding hydrogens is 421 g/mol. The molecule has 2 fully saturated rings. The van der Waals surface area contributed by atoms with Crippen LogP contribution in [0.2, 0.25) is 0 Å². The first-order valence-electron chi connectivity index (χ1n) is 11.4. The normalized spacial score (nSPS) is 32.2. The Morgan fingerprint density at radius 2 is 2.21 bits per heavy atom. The van der Waals surface area contributed by atoms with Gasteiger partial charge in [-0.05, 0) is 37.0 Å². The van der Waals surface area contributed by atoms with Crippen molar-refractivity contribution in [1.29, 1.82) is 0 Å². The lowest BCUT2D eigenvalue weighted by Crippen LogP contribution is -2.39. The molecule has 1 saturated heterocycles. The number of rotatable bonds is 3. The molecule has 9 nitrogen and oxygen atoms in total. The Kier molecular flexibility index (Phi) is 3.86. The molecule has 1 N–H and O–H groups in total. The first kappa shape index (κ1) is 19.0. The summed E-state index contributed by atoms with van der Waals surface area (Å²) in [6.07, 6.45) is 13.2. The third kappa shape index (κ3) is 2.79. The number of aliphatic imine (C=N–C) groups is 2. The molecule has 0 bridgehead atoms. The van der Waals surface area contributed by atoms with E-state index in [2.05, 4.69) is 25.6 Å². The van der Waals surface area contributed by atoms with Crippen molar-refractivity contribution in [3.05, 3.63) is 54.0 Å². The van der Waals surface area contributed by atoms with Crippen LogP contribution < -0.4 is 5.43 Å².